The summed E-state index contributed by atoms with van der Waals surface area (Å²) >= 11 is 0. The molecule has 0 aromatic heterocycles. The monoisotopic (exact) mass is 301 g/mol. The van der Waals surface area contributed by atoms with E-state index in [4.69, 9.17) is 0 Å². The Morgan fingerprint density at radius 2 is 1.50 bits per heavy atom. The van der Waals surface area contributed by atoms with Crippen LogP contribution in [0.1, 0.15) is 5.56 Å². The molecule has 0 spiro atoms. The lowest BCUT2D eigenvalue weighted by molar-refractivity contribution is 0.449. The van der Waals surface area contributed by atoms with E-state index in [1.54, 1.807) is 19.1 Å². The molecular formula is C13H10F3NO2S. The molecule has 20 heavy (non-hydrogen) atoms. The van der Waals surface area contributed by atoms with Crippen molar-refractivity contribution in [2.75, 3.05) is 4.72 Å². The maximum Gasteiger partial charge on any atom is 0.261 e. The topological polar surface area (TPSA) is 46.2 Å². The van der Waals surface area contributed by atoms with Crippen molar-refractivity contribution in [3.05, 3.63) is 59.4 Å². The van der Waals surface area contributed by atoms with Gasteiger partial charge in [0.25, 0.3) is 10.0 Å². The van der Waals surface area contributed by atoms with E-state index in [1.165, 1.54) is 12.1 Å². The minimum atomic E-state index is -4.06. The summed E-state index contributed by atoms with van der Waals surface area (Å²) in [6.07, 6.45) is 0. The van der Waals surface area contributed by atoms with Crippen LogP contribution in [0, 0.1) is 24.4 Å². The van der Waals surface area contributed by atoms with Gasteiger partial charge >= 0.3 is 0 Å². The van der Waals surface area contributed by atoms with Crippen molar-refractivity contribution in [2.24, 2.45) is 0 Å². The highest BCUT2D eigenvalue weighted by Gasteiger charge is 2.19. The summed E-state index contributed by atoms with van der Waals surface area (Å²) in [4.78, 5) is -0.104. The SMILES string of the molecule is Cc1ccc(S(=O)(=O)Nc2ccc(F)c(F)c2F)cc1. The van der Waals surface area contributed by atoms with E-state index in [-0.39, 0.29) is 4.90 Å². The maximum absolute atomic E-state index is 13.4. The molecule has 0 radical (unpaired) electrons. The van der Waals surface area contributed by atoms with Crippen LogP contribution in [0.5, 0.6) is 0 Å². The highest BCUT2D eigenvalue weighted by Crippen LogP contribution is 2.22. The molecule has 0 heterocycles. The van der Waals surface area contributed by atoms with Crippen LogP contribution in [0.3, 0.4) is 0 Å². The van der Waals surface area contributed by atoms with Crippen molar-refractivity contribution in [3.63, 3.8) is 0 Å². The second kappa shape index (κ2) is 5.16. The Labute approximate surface area is 114 Å². The van der Waals surface area contributed by atoms with E-state index < -0.39 is 33.2 Å². The summed E-state index contributed by atoms with van der Waals surface area (Å²) in [7, 11) is -4.06. The molecule has 1 N–H and O–H groups in total. The minimum Gasteiger partial charge on any atom is -0.277 e. The van der Waals surface area contributed by atoms with Crippen LogP contribution in [0.4, 0.5) is 18.9 Å². The minimum absolute atomic E-state index is 0.104. The zero-order valence-corrected chi connectivity index (χ0v) is 11.1. The molecule has 0 amide bonds. The van der Waals surface area contributed by atoms with Crippen LogP contribution >= 0.6 is 0 Å². The molecule has 2 rings (SSSR count). The average molecular weight is 301 g/mol. The zero-order valence-electron chi connectivity index (χ0n) is 10.3. The van der Waals surface area contributed by atoms with Crippen LogP contribution in [-0.2, 0) is 10.0 Å². The zero-order chi connectivity index (χ0) is 14.9. The molecule has 0 saturated heterocycles. The predicted octanol–water partition coefficient (Wildman–Crippen LogP) is 3.21. The van der Waals surface area contributed by atoms with Crippen molar-refractivity contribution >= 4 is 15.7 Å². The van der Waals surface area contributed by atoms with E-state index >= 15 is 0 Å². The first-order valence-electron chi connectivity index (χ1n) is 5.54. The lowest BCUT2D eigenvalue weighted by Gasteiger charge is -2.09. The number of aryl methyl sites for hydroxylation is 1. The van der Waals surface area contributed by atoms with Gasteiger partial charge in [-0.2, -0.15) is 0 Å². The van der Waals surface area contributed by atoms with Crippen LogP contribution in [0.15, 0.2) is 41.3 Å². The van der Waals surface area contributed by atoms with Crippen LogP contribution in [0.25, 0.3) is 0 Å². The Balaban J connectivity index is 2.38. The Bertz CT molecular complexity index is 743. The van der Waals surface area contributed by atoms with Crippen molar-refractivity contribution in [2.45, 2.75) is 11.8 Å². The van der Waals surface area contributed by atoms with Gasteiger partial charge in [0.1, 0.15) is 0 Å². The quantitative estimate of drug-likeness (QED) is 0.885. The van der Waals surface area contributed by atoms with E-state index in [0.29, 0.717) is 6.07 Å². The summed E-state index contributed by atoms with van der Waals surface area (Å²) in [6, 6.07) is 7.25. The first-order chi connectivity index (χ1) is 9.31. The third-order valence-electron chi connectivity index (χ3n) is 2.61. The Morgan fingerprint density at radius 3 is 2.10 bits per heavy atom. The number of rotatable bonds is 3. The molecule has 2 aromatic rings. The molecule has 106 valence electrons. The second-order valence-corrected chi connectivity index (χ2v) is 5.82. The summed E-state index contributed by atoms with van der Waals surface area (Å²) < 4.78 is 65.1. The van der Waals surface area contributed by atoms with Gasteiger partial charge in [-0.1, -0.05) is 17.7 Å². The lowest BCUT2D eigenvalue weighted by atomic mass is 10.2. The van der Waals surface area contributed by atoms with Crippen molar-refractivity contribution < 1.29 is 21.6 Å². The molecule has 0 fully saturated rings. The van der Waals surface area contributed by atoms with Crippen LogP contribution in [0.2, 0.25) is 0 Å². The molecule has 0 aliphatic heterocycles. The van der Waals surface area contributed by atoms with E-state index in [1.807, 2.05) is 4.72 Å². The number of benzene rings is 2. The van der Waals surface area contributed by atoms with Gasteiger partial charge in [-0.05, 0) is 31.2 Å². The smallest absolute Gasteiger partial charge is 0.261 e. The summed E-state index contributed by atoms with van der Waals surface area (Å²) in [5, 5.41) is 0. The largest absolute Gasteiger partial charge is 0.277 e. The molecule has 0 unspecified atom stereocenters. The van der Waals surface area contributed by atoms with Crippen molar-refractivity contribution in [1.82, 2.24) is 0 Å². The normalized spacial score (nSPS) is 11.4. The number of anilines is 1. The van der Waals surface area contributed by atoms with Gasteiger partial charge in [-0.15, -0.1) is 0 Å². The number of sulfonamides is 1. The van der Waals surface area contributed by atoms with Crippen LogP contribution < -0.4 is 4.72 Å². The van der Waals surface area contributed by atoms with Gasteiger partial charge in [0.2, 0.25) is 0 Å². The van der Waals surface area contributed by atoms with Gasteiger partial charge in [0.15, 0.2) is 17.5 Å². The predicted molar refractivity (Wildman–Crippen MR) is 68.3 cm³/mol. The maximum atomic E-state index is 13.4. The number of nitrogens with one attached hydrogen (secondary N) is 1. The average Bonchev–Trinajstić information content (AvgIpc) is 2.40. The molecule has 2 aromatic carbocycles. The lowest BCUT2D eigenvalue weighted by Crippen LogP contribution is -2.14. The number of halogens is 3. The van der Waals surface area contributed by atoms with Gasteiger partial charge in [-0.25, -0.2) is 21.6 Å². The standard InChI is InChI=1S/C13H10F3NO2S/c1-8-2-4-9(5-3-8)20(18,19)17-11-7-6-10(14)12(15)13(11)16/h2-7,17H,1H3. The Kier molecular flexibility index (Phi) is 3.71. The molecular weight excluding hydrogens is 291 g/mol. The molecule has 7 heteroatoms. The summed E-state index contributed by atoms with van der Waals surface area (Å²) in [5.41, 5.74) is 0.201. The second-order valence-electron chi connectivity index (χ2n) is 4.14. The van der Waals surface area contributed by atoms with Gasteiger partial charge < -0.3 is 0 Å². The molecule has 0 saturated carbocycles. The summed E-state index contributed by atoms with van der Waals surface area (Å²) in [6.45, 7) is 1.78. The first-order valence-corrected chi connectivity index (χ1v) is 7.02. The fourth-order valence-electron chi connectivity index (χ4n) is 1.53. The molecule has 0 bridgehead atoms. The van der Waals surface area contributed by atoms with Gasteiger partial charge in [0.05, 0.1) is 10.6 Å². The third kappa shape index (κ3) is 2.77. The van der Waals surface area contributed by atoms with Crippen molar-refractivity contribution in [1.29, 1.82) is 0 Å². The van der Waals surface area contributed by atoms with E-state index in [0.717, 1.165) is 11.6 Å². The fraction of sp³-hybridized carbons (Fsp3) is 0.0769. The van der Waals surface area contributed by atoms with E-state index in [2.05, 4.69) is 0 Å². The van der Waals surface area contributed by atoms with Gasteiger partial charge in [0, 0.05) is 0 Å². The molecule has 3 nitrogen and oxygen atoms in total. The molecule has 0 aliphatic rings. The summed E-state index contributed by atoms with van der Waals surface area (Å²) in [5.74, 6) is -4.70. The Morgan fingerprint density at radius 1 is 0.900 bits per heavy atom. The van der Waals surface area contributed by atoms with Crippen molar-refractivity contribution in [3.8, 4) is 0 Å². The number of hydrogen-bond acceptors (Lipinski definition) is 2. The van der Waals surface area contributed by atoms with Crippen LogP contribution in [-0.4, -0.2) is 8.42 Å². The van der Waals surface area contributed by atoms with E-state index in [9.17, 15) is 21.6 Å². The highest BCUT2D eigenvalue weighted by atomic mass is 32.2. The van der Waals surface area contributed by atoms with Gasteiger partial charge in [-0.3, -0.25) is 4.72 Å². The number of hydrogen-bond donors (Lipinski definition) is 1. The first kappa shape index (κ1) is 14.4. The fourth-order valence-corrected chi connectivity index (χ4v) is 2.59. The third-order valence-corrected chi connectivity index (χ3v) is 3.99. The highest BCUT2D eigenvalue weighted by molar-refractivity contribution is 7.92. The molecule has 0 atom stereocenters. The Hall–Kier alpha value is -2.02. The molecule has 0 aliphatic carbocycles.